The molecular formula is C6H11ClN2O. The number of carbonyl (C=O) groups is 1. The topological polar surface area (TPSA) is 69.1 Å². The summed E-state index contributed by atoms with van der Waals surface area (Å²) >= 11 is 0. The molecule has 0 radical (unpaired) electrons. The van der Waals surface area contributed by atoms with Crippen LogP contribution in [0.4, 0.5) is 0 Å². The number of hydrogen-bond donors (Lipinski definition) is 2. The number of carbonyl (C=O) groups excluding carboxylic acids is 1. The first-order valence-corrected chi connectivity index (χ1v) is 2.82. The number of nitrogens with two attached hydrogens (primary N) is 2. The van der Waals surface area contributed by atoms with Gasteiger partial charge in [-0.2, -0.15) is 0 Å². The van der Waals surface area contributed by atoms with Crippen LogP contribution >= 0.6 is 12.4 Å². The second-order valence-corrected chi connectivity index (χ2v) is 2.45. The minimum Gasteiger partial charge on any atom is -0.368 e. The highest BCUT2D eigenvalue weighted by atomic mass is 35.5. The molecule has 0 aromatic heterocycles. The van der Waals surface area contributed by atoms with Crippen LogP contribution < -0.4 is 11.5 Å². The normalized spacial score (nSPS) is 35.9. The minimum absolute atomic E-state index is 0. The Balaban J connectivity index is 0.000000810. The molecule has 1 aliphatic carbocycles. The molecule has 2 unspecified atom stereocenters. The summed E-state index contributed by atoms with van der Waals surface area (Å²) in [6.07, 6.45) is 2.33. The van der Waals surface area contributed by atoms with Crippen molar-refractivity contribution in [2.45, 2.75) is 12.0 Å². The average molecular weight is 163 g/mol. The van der Waals surface area contributed by atoms with Gasteiger partial charge in [0.25, 0.3) is 0 Å². The first kappa shape index (κ1) is 9.46. The maximum atomic E-state index is 10.5. The molecule has 0 saturated heterocycles. The molecule has 1 saturated carbocycles. The molecule has 10 heavy (non-hydrogen) atoms. The SMILES string of the molecule is C=CC1CC1(N)C(N)=O.Cl. The summed E-state index contributed by atoms with van der Waals surface area (Å²) in [4.78, 5) is 10.5. The van der Waals surface area contributed by atoms with Crippen LogP contribution in [0, 0.1) is 5.92 Å². The molecule has 0 spiro atoms. The Morgan fingerprint density at radius 1 is 1.80 bits per heavy atom. The fraction of sp³-hybridized carbons (Fsp3) is 0.500. The highest BCUT2D eigenvalue weighted by molar-refractivity contribution is 5.88. The summed E-state index contributed by atoms with van der Waals surface area (Å²) in [5.74, 6) is -0.317. The smallest absolute Gasteiger partial charge is 0.238 e. The van der Waals surface area contributed by atoms with Crippen LogP contribution in [-0.4, -0.2) is 11.4 Å². The monoisotopic (exact) mass is 162 g/mol. The molecule has 58 valence electrons. The summed E-state index contributed by atoms with van der Waals surface area (Å²) < 4.78 is 0. The molecule has 4 N–H and O–H groups in total. The minimum atomic E-state index is -0.762. The zero-order valence-electron chi connectivity index (χ0n) is 5.54. The number of hydrogen-bond acceptors (Lipinski definition) is 2. The molecular weight excluding hydrogens is 152 g/mol. The molecule has 0 aliphatic heterocycles. The molecule has 1 fully saturated rings. The van der Waals surface area contributed by atoms with Gasteiger partial charge in [0.2, 0.25) is 5.91 Å². The third-order valence-corrected chi connectivity index (χ3v) is 1.80. The largest absolute Gasteiger partial charge is 0.368 e. The zero-order chi connectivity index (χ0) is 7.07. The van der Waals surface area contributed by atoms with Crippen LogP contribution in [0.5, 0.6) is 0 Å². The Kier molecular flexibility index (Phi) is 2.46. The summed E-state index contributed by atoms with van der Waals surface area (Å²) in [5.41, 5.74) is 9.72. The van der Waals surface area contributed by atoms with Crippen LogP contribution in [0.2, 0.25) is 0 Å². The number of primary amides is 1. The highest BCUT2D eigenvalue weighted by Crippen LogP contribution is 2.41. The maximum absolute atomic E-state index is 10.5. The van der Waals surface area contributed by atoms with Gasteiger partial charge in [-0.05, 0) is 6.42 Å². The van der Waals surface area contributed by atoms with Crippen molar-refractivity contribution >= 4 is 18.3 Å². The molecule has 0 heterocycles. The van der Waals surface area contributed by atoms with E-state index in [9.17, 15) is 4.79 Å². The molecule has 1 rings (SSSR count). The Morgan fingerprint density at radius 3 is 2.40 bits per heavy atom. The number of halogens is 1. The molecule has 4 heteroatoms. The highest BCUT2D eigenvalue weighted by Gasteiger charge is 2.54. The van der Waals surface area contributed by atoms with Gasteiger partial charge in [-0.15, -0.1) is 19.0 Å². The van der Waals surface area contributed by atoms with Gasteiger partial charge in [0.1, 0.15) is 5.54 Å². The van der Waals surface area contributed by atoms with E-state index in [0.29, 0.717) is 6.42 Å². The average Bonchev–Trinajstić information content (AvgIpc) is 2.44. The quantitative estimate of drug-likeness (QED) is 0.552. The van der Waals surface area contributed by atoms with E-state index in [1.54, 1.807) is 6.08 Å². The molecule has 1 amide bonds. The van der Waals surface area contributed by atoms with Gasteiger partial charge in [0, 0.05) is 5.92 Å². The van der Waals surface area contributed by atoms with E-state index in [0.717, 1.165) is 0 Å². The molecule has 0 aromatic carbocycles. The van der Waals surface area contributed by atoms with E-state index in [1.807, 2.05) is 0 Å². The maximum Gasteiger partial charge on any atom is 0.238 e. The van der Waals surface area contributed by atoms with Crippen molar-refractivity contribution in [2.24, 2.45) is 17.4 Å². The van der Waals surface area contributed by atoms with Crippen LogP contribution in [0.3, 0.4) is 0 Å². The molecule has 0 bridgehead atoms. The number of rotatable bonds is 2. The first-order chi connectivity index (χ1) is 4.11. The van der Waals surface area contributed by atoms with Gasteiger partial charge in [-0.25, -0.2) is 0 Å². The lowest BCUT2D eigenvalue weighted by molar-refractivity contribution is -0.120. The standard InChI is InChI=1S/C6H10N2O.ClH/c1-2-4-3-6(4,8)5(7)9;/h2,4H,1,3,8H2,(H2,7,9);1H. The lowest BCUT2D eigenvalue weighted by atomic mass is 10.2. The first-order valence-electron chi connectivity index (χ1n) is 2.82. The Hall–Kier alpha value is -0.540. The predicted octanol–water partition coefficient (Wildman–Crippen LogP) is -0.203. The molecule has 1 aliphatic rings. The van der Waals surface area contributed by atoms with Crippen molar-refractivity contribution in [3.8, 4) is 0 Å². The van der Waals surface area contributed by atoms with Gasteiger partial charge < -0.3 is 11.5 Å². The van der Waals surface area contributed by atoms with Crippen molar-refractivity contribution in [2.75, 3.05) is 0 Å². The Morgan fingerprint density at radius 2 is 2.30 bits per heavy atom. The van der Waals surface area contributed by atoms with Crippen molar-refractivity contribution in [1.29, 1.82) is 0 Å². The fourth-order valence-corrected chi connectivity index (χ4v) is 0.882. The van der Waals surface area contributed by atoms with Gasteiger partial charge >= 0.3 is 0 Å². The van der Waals surface area contributed by atoms with E-state index in [-0.39, 0.29) is 18.3 Å². The van der Waals surface area contributed by atoms with Crippen LogP contribution in [0.15, 0.2) is 12.7 Å². The van der Waals surface area contributed by atoms with Gasteiger partial charge in [0.15, 0.2) is 0 Å². The third kappa shape index (κ3) is 1.15. The van der Waals surface area contributed by atoms with Crippen molar-refractivity contribution in [1.82, 2.24) is 0 Å². The molecule has 0 aromatic rings. The van der Waals surface area contributed by atoms with Crippen molar-refractivity contribution < 1.29 is 4.79 Å². The zero-order valence-corrected chi connectivity index (χ0v) is 6.36. The lowest BCUT2D eigenvalue weighted by Gasteiger charge is -2.01. The van der Waals surface area contributed by atoms with Crippen molar-refractivity contribution in [3.63, 3.8) is 0 Å². The van der Waals surface area contributed by atoms with E-state index >= 15 is 0 Å². The summed E-state index contributed by atoms with van der Waals surface area (Å²) in [7, 11) is 0. The second kappa shape index (κ2) is 2.60. The summed E-state index contributed by atoms with van der Waals surface area (Å²) in [6, 6.07) is 0. The Bertz CT molecular complexity index is 171. The van der Waals surface area contributed by atoms with Gasteiger partial charge in [-0.3, -0.25) is 4.79 Å². The van der Waals surface area contributed by atoms with E-state index in [4.69, 9.17) is 11.5 Å². The Labute approximate surface area is 65.9 Å². The molecule has 2 atom stereocenters. The van der Waals surface area contributed by atoms with Crippen LogP contribution in [0.25, 0.3) is 0 Å². The fourth-order valence-electron chi connectivity index (χ4n) is 0.882. The van der Waals surface area contributed by atoms with Crippen LogP contribution in [-0.2, 0) is 4.79 Å². The summed E-state index contributed by atoms with van der Waals surface area (Å²) in [5, 5.41) is 0. The number of amides is 1. The van der Waals surface area contributed by atoms with Gasteiger partial charge in [0.05, 0.1) is 0 Å². The van der Waals surface area contributed by atoms with E-state index in [1.165, 1.54) is 0 Å². The van der Waals surface area contributed by atoms with E-state index < -0.39 is 11.4 Å². The van der Waals surface area contributed by atoms with Crippen molar-refractivity contribution in [3.05, 3.63) is 12.7 Å². The third-order valence-electron chi connectivity index (χ3n) is 1.80. The van der Waals surface area contributed by atoms with Gasteiger partial charge in [-0.1, -0.05) is 6.08 Å². The van der Waals surface area contributed by atoms with Crippen LogP contribution in [0.1, 0.15) is 6.42 Å². The molecule has 3 nitrogen and oxygen atoms in total. The second-order valence-electron chi connectivity index (χ2n) is 2.45. The van der Waals surface area contributed by atoms with E-state index in [2.05, 4.69) is 6.58 Å². The predicted molar refractivity (Wildman–Crippen MR) is 41.7 cm³/mol. The lowest BCUT2D eigenvalue weighted by Crippen LogP contribution is -2.40. The summed E-state index contributed by atoms with van der Waals surface area (Å²) in [6.45, 7) is 3.51.